The number of carbonyl (C=O) groups is 1. The Morgan fingerprint density at radius 3 is 2.39 bits per heavy atom. The minimum absolute atomic E-state index is 0.0477. The number of nitrogens with zero attached hydrogens (tertiary/aromatic N) is 5. The highest BCUT2D eigenvalue weighted by Crippen LogP contribution is 2.35. The van der Waals surface area contributed by atoms with Crippen LogP contribution in [0.1, 0.15) is 40.7 Å². The van der Waals surface area contributed by atoms with Crippen molar-refractivity contribution in [1.29, 1.82) is 0 Å². The predicted octanol–water partition coefficient (Wildman–Crippen LogP) is 6.24. The molecule has 6 nitrogen and oxygen atoms in total. The smallest absolute Gasteiger partial charge is 0.230 e. The van der Waals surface area contributed by atoms with Crippen molar-refractivity contribution in [2.45, 2.75) is 52.5 Å². The van der Waals surface area contributed by atoms with E-state index in [1.807, 2.05) is 38.3 Å². The summed E-state index contributed by atoms with van der Waals surface area (Å²) in [5, 5.41) is 12.2. The average Bonchev–Trinajstić information content (AvgIpc) is 3.35. The van der Waals surface area contributed by atoms with Crippen LogP contribution in [0.5, 0.6) is 0 Å². The molecule has 4 aromatic rings. The second-order valence-electron chi connectivity index (χ2n) is 8.16. The number of anilines is 2. The summed E-state index contributed by atoms with van der Waals surface area (Å²) in [4.78, 5) is 19.1. The van der Waals surface area contributed by atoms with Crippen LogP contribution < -0.4 is 4.90 Å². The highest BCUT2D eigenvalue weighted by molar-refractivity contribution is 7.98. The summed E-state index contributed by atoms with van der Waals surface area (Å²) in [6, 6.07) is 12.4. The molecule has 0 radical (unpaired) electrons. The van der Waals surface area contributed by atoms with Crippen molar-refractivity contribution >= 4 is 39.8 Å². The van der Waals surface area contributed by atoms with Crippen LogP contribution in [0.4, 0.5) is 10.8 Å². The fourth-order valence-corrected chi connectivity index (χ4v) is 5.91. The Labute approximate surface area is 202 Å². The zero-order valence-electron chi connectivity index (χ0n) is 19.7. The molecule has 8 heteroatoms. The largest absolute Gasteiger partial charge is 0.274 e. The summed E-state index contributed by atoms with van der Waals surface area (Å²) < 4.78 is 2.08. The molecule has 0 unspecified atom stereocenters. The quantitative estimate of drug-likeness (QED) is 0.308. The van der Waals surface area contributed by atoms with Crippen molar-refractivity contribution in [2.24, 2.45) is 0 Å². The molecule has 33 heavy (non-hydrogen) atoms. The highest BCUT2D eigenvalue weighted by Gasteiger charge is 2.22. The molecule has 0 N–H and O–H groups in total. The minimum Gasteiger partial charge on any atom is -0.274 e. The zero-order chi connectivity index (χ0) is 23.7. The van der Waals surface area contributed by atoms with Gasteiger partial charge in [0.15, 0.2) is 10.3 Å². The SMILES string of the molecule is CC(=O)N(c1nc(CSc2nnc(C)n2-c2ccccc2C)cs1)c1c(C)cc(C)cc1C. The maximum Gasteiger partial charge on any atom is 0.230 e. The van der Waals surface area contributed by atoms with Gasteiger partial charge in [0.05, 0.1) is 17.1 Å². The summed E-state index contributed by atoms with van der Waals surface area (Å²) in [6.45, 7) is 11.8. The van der Waals surface area contributed by atoms with Crippen molar-refractivity contribution in [3.05, 3.63) is 75.6 Å². The van der Waals surface area contributed by atoms with Gasteiger partial charge in [-0.05, 0) is 57.4 Å². The van der Waals surface area contributed by atoms with Gasteiger partial charge in [0.25, 0.3) is 0 Å². The number of thioether (sulfide) groups is 1. The second-order valence-corrected chi connectivity index (χ2v) is 9.94. The number of aryl methyl sites for hydroxylation is 5. The van der Waals surface area contributed by atoms with Crippen LogP contribution in [-0.4, -0.2) is 25.7 Å². The van der Waals surface area contributed by atoms with Crippen molar-refractivity contribution in [1.82, 2.24) is 19.7 Å². The molecule has 2 heterocycles. The van der Waals surface area contributed by atoms with Crippen molar-refractivity contribution in [3.63, 3.8) is 0 Å². The fourth-order valence-electron chi connectivity index (χ4n) is 4.04. The molecule has 0 saturated carbocycles. The third-order valence-corrected chi connectivity index (χ3v) is 7.24. The molecule has 0 bridgehead atoms. The molecule has 0 fully saturated rings. The van der Waals surface area contributed by atoms with E-state index in [1.54, 1.807) is 23.6 Å². The Balaban J connectivity index is 1.59. The Bertz CT molecular complexity index is 1300. The lowest BCUT2D eigenvalue weighted by atomic mass is 10.0. The van der Waals surface area contributed by atoms with Crippen LogP contribution in [0.15, 0.2) is 46.9 Å². The molecule has 0 aliphatic rings. The van der Waals surface area contributed by atoms with Gasteiger partial charge in [-0.1, -0.05) is 47.7 Å². The van der Waals surface area contributed by atoms with Crippen LogP contribution in [0.3, 0.4) is 0 Å². The van der Waals surface area contributed by atoms with E-state index < -0.39 is 0 Å². The van der Waals surface area contributed by atoms with Crippen LogP contribution in [-0.2, 0) is 10.5 Å². The molecule has 4 rings (SSSR count). The summed E-state index contributed by atoms with van der Waals surface area (Å²) >= 11 is 3.08. The van der Waals surface area contributed by atoms with Gasteiger partial charge < -0.3 is 0 Å². The van der Waals surface area contributed by atoms with Crippen LogP contribution >= 0.6 is 23.1 Å². The maximum atomic E-state index is 12.6. The molecule has 0 aliphatic heterocycles. The first-order valence-electron chi connectivity index (χ1n) is 10.7. The first-order chi connectivity index (χ1) is 15.8. The number of benzene rings is 2. The van der Waals surface area contributed by atoms with Crippen molar-refractivity contribution < 1.29 is 4.79 Å². The topological polar surface area (TPSA) is 63.9 Å². The first kappa shape index (κ1) is 23.2. The van der Waals surface area contributed by atoms with Gasteiger partial charge in [-0.15, -0.1) is 21.5 Å². The van der Waals surface area contributed by atoms with E-state index in [0.29, 0.717) is 10.9 Å². The molecular formula is C25H27N5OS2. The molecule has 170 valence electrons. The highest BCUT2D eigenvalue weighted by atomic mass is 32.2. The number of carbonyl (C=O) groups excluding carboxylic acids is 1. The normalized spacial score (nSPS) is 11.1. The van der Waals surface area contributed by atoms with Crippen LogP contribution in [0.2, 0.25) is 0 Å². The van der Waals surface area contributed by atoms with Gasteiger partial charge in [-0.25, -0.2) is 4.98 Å². The van der Waals surface area contributed by atoms with Gasteiger partial charge in [-0.3, -0.25) is 14.3 Å². The van der Waals surface area contributed by atoms with E-state index in [-0.39, 0.29) is 5.91 Å². The van der Waals surface area contributed by atoms with E-state index >= 15 is 0 Å². The van der Waals surface area contributed by atoms with Gasteiger partial charge >= 0.3 is 0 Å². The zero-order valence-corrected chi connectivity index (χ0v) is 21.3. The molecule has 2 aromatic carbocycles. The molecule has 0 aliphatic carbocycles. The summed E-state index contributed by atoms with van der Waals surface area (Å²) in [5.74, 6) is 1.44. The molecule has 1 amide bonds. The summed E-state index contributed by atoms with van der Waals surface area (Å²) in [6.07, 6.45) is 0. The number of aromatic nitrogens is 4. The third kappa shape index (κ3) is 4.72. The Hall–Kier alpha value is -2.97. The van der Waals surface area contributed by atoms with E-state index in [9.17, 15) is 4.79 Å². The van der Waals surface area contributed by atoms with Gasteiger partial charge in [0, 0.05) is 18.1 Å². The lowest BCUT2D eigenvalue weighted by molar-refractivity contribution is -0.115. The summed E-state index contributed by atoms with van der Waals surface area (Å²) in [7, 11) is 0. The van der Waals surface area contributed by atoms with Crippen molar-refractivity contribution in [3.8, 4) is 5.69 Å². The fraction of sp³-hybridized carbons (Fsp3) is 0.280. The lowest BCUT2D eigenvalue weighted by Gasteiger charge is -2.23. The number of hydrogen-bond acceptors (Lipinski definition) is 6. The monoisotopic (exact) mass is 477 g/mol. The Kier molecular flexibility index (Phi) is 6.67. The van der Waals surface area contributed by atoms with Gasteiger partial charge in [-0.2, -0.15) is 0 Å². The number of thiazole rings is 1. The van der Waals surface area contributed by atoms with Crippen LogP contribution in [0.25, 0.3) is 5.69 Å². The van der Waals surface area contributed by atoms with E-state index in [4.69, 9.17) is 4.98 Å². The third-order valence-electron chi connectivity index (χ3n) is 5.41. The number of para-hydroxylation sites is 1. The second kappa shape index (κ2) is 9.49. The van der Waals surface area contributed by atoms with Crippen LogP contribution in [0, 0.1) is 34.6 Å². The van der Waals surface area contributed by atoms with E-state index in [0.717, 1.165) is 39.2 Å². The minimum atomic E-state index is -0.0477. The molecule has 0 atom stereocenters. The van der Waals surface area contributed by atoms with E-state index in [1.165, 1.54) is 22.5 Å². The summed E-state index contributed by atoms with van der Waals surface area (Å²) in [5.41, 5.74) is 7.38. The first-order valence-corrected chi connectivity index (χ1v) is 12.6. The molecule has 0 saturated heterocycles. The number of rotatable bonds is 6. The Morgan fingerprint density at radius 2 is 1.73 bits per heavy atom. The molecule has 0 spiro atoms. The molecular weight excluding hydrogens is 450 g/mol. The van der Waals surface area contributed by atoms with Gasteiger partial charge in [0.2, 0.25) is 5.91 Å². The maximum absolute atomic E-state index is 12.6. The lowest BCUT2D eigenvalue weighted by Crippen LogP contribution is -2.24. The molecule has 2 aromatic heterocycles. The average molecular weight is 478 g/mol. The van der Waals surface area contributed by atoms with E-state index in [2.05, 4.69) is 52.9 Å². The van der Waals surface area contributed by atoms with Crippen molar-refractivity contribution in [2.75, 3.05) is 4.90 Å². The van der Waals surface area contributed by atoms with Gasteiger partial charge in [0.1, 0.15) is 5.82 Å². The number of amides is 1. The Morgan fingerprint density at radius 1 is 1.03 bits per heavy atom. The predicted molar refractivity (Wildman–Crippen MR) is 136 cm³/mol. The standard InChI is InChI=1S/C25H27N5OS2/c1-15-11-17(3)23(18(4)12-15)30(20(6)31)24-26-21(13-32-24)14-33-25-28-27-19(5)29(25)22-10-8-7-9-16(22)2/h7-13H,14H2,1-6H3. The number of hydrogen-bond donors (Lipinski definition) is 0.